The Kier molecular flexibility index (Phi) is 11.6. The number of sulfonamides is 1. The van der Waals surface area contributed by atoms with Crippen molar-refractivity contribution in [2.75, 3.05) is 39.5 Å². The fourth-order valence-electron chi connectivity index (χ4n) is 3.34. The van der Waals surface area contributed by atoms with Gasteiger partial charge in [-0.2, -0.15) is 48.3 Å². The number of nitrogens with one attached hydrogen (secondary N) is 1. The second-order valence-corrected chi connectivity index (χ2v) is 11.1. The number of rotatable bonds is 15. The van der Waals surface area contributed by atoms with E-state index in [4.69, 9.17) is 0 Å². The van der Waals surface area contributed by atoms with Crippen LogP contribution in [-0.2, 0) is 14.8 Å². The van der Waals surface area contributed by atoms with E-state index in [9.17, 15) is 71.0 Å². The monoisotopic (exact) mass is 594 g/mol. The molecule has 37 heavy (non-hydrogen) atoms. The van der Waals surface area contributed by atoms with Crippen molar-refractivity contribution in [1.82, 2.24) is 4.72 Å². The second-order valence-electron chi connectivity index (χ2n) is 9.17. The highest BCUT2D eigenvalue weighted by molar-refractivity contribution is 7.89. The van der Waals surface area contributed by atoms with Crippen LogP contribution < -0.4 is 9.83 Å². The largest absolute Gasteiger partial charge is 0.544 e. The quantitative estimate of drug-likeness (QED) is 0.179. The summed E-state index contributed by atoms with van der Waals surface area (Å²) < 4.78 is 181. The lowest BCUT2D eigenvalue weighted by atomic mass is 9.84. The number of hydrogen-bond acceptors (Lipinski definition) is 4. The van der Waals surface area contributed by atoms with Gasteiger partial charge in [-0.3, -0.25) is 0 Å². The molecule has 0 bridgehead atoms. The summed E-state index contributed by atoms with van der Waals surface area (Å²) >= 11 is 0. The first kappa shape index (κ1) is 35.5. The van der Waals surface area contributed by atoms with E-state index in [2.05, 4.69) is 0 Å². The molecule has 0 heterocycles. The Morgan fingerprint density at radius 2 is 1.32 bits per heavy atom. The van der Waals surface area contributed by atoms with Crippen LogP contribution in [0.1, 0.15) is 32.1 Å². The summed E-state index contributed by atoms with van der Waals surface area (Å²) in [4.78, 5) is 10.6. The normalized spacial score (nSPS) is 15.6. The predicted octanol–water partition coefficient (Wildman–Crippen LogP) is 3.33. The van der Waals surface area contributed by atoms with E-state index in [1.54, 1.807) is 0 Å². The smallest absolute Gasteiger partial charge is 0.453 e. The van der Waals surface area contributed by atoms with Crippen LogP contribution in [0.2, 0.25) is 0 Å². The molecule has 222 valence electrons. The van der Waals surface area contributed by atoms with Crippen molar-refractivity contribution >= 4 is 16.0 Å². The van der Waals surface area contributed by atoms with Gasteiger partial charge in [0.25, 0.3) is 5.67 Å². The summed E-state index contributed by atoms with van der Waals surface area (Å²) in [6, 6.07) is 0. The first-order chi connectivity index (χ1) is 16.2. The Morgan fingerprint density at radius 3 is 1.73 bits per heavy atom. The Bertz CT molecular complexity index is 840. The maximum Gasteiger partial charge on any atom is 0.453 e. The van der Waals surface area contributed by atoms with E-state index in [0.717, 1.165) is 0 Å². The first-order valence-corrected chi connectivity index (χ1v) is 12.1. The van der Waals surface area contributed by atoms with Crippen molar-refractivity contribution in [3.8, 4) is 0 Å². The minimum absolute atomic E-state index is 0.0570. The molecule has 0 amide bonds. The van der Waals surface area contributed by atoms with E-state index >= 15 is 0 Å². The molecule has 0 rings (SSSR count). The Labute approximate surface area is 204 Å². The van der Waals surface area contributed by atoms with Gasteiger partial charge in [-0.1, -0.05) is 0 Å². The summed E-state index contributed by atoms with van der Waals surface area (Å²) in [6.45, 7) is -0.594. The molecule has 1 N–H and O–H groups in total. The Morgan fingerprint density at radius 1 is 0.838 bits per heavy atom. The van der Waals surface area contributed by atoms with E-state index in [1.165, 1.54) is 14.1 Å². The highest BCUT2D eigenvalue weighted by Crippen LogP contribution is 2.52. The number of halogens is 12. The van der Waals surface area contributed by atoms with Crippen LogP contribution in [0.15, 0.2) is 0 Å². The fourth-order valence-corrected chi connectivity index (χ4v) is 4.49. The standard InChI is InChI=1S/C18H26F12N2O4S/c1-32(2,11-13(33)34)7-4-6-31-37(35,36)8-3-5-12(10-15(20,21)18(28,29)30)9-14(19,16(22,23)24)17(25,26)27/h12,31H,3-11H2,1-2H3. The van der Waals surface area contributed by atoms with Crippen LogP contribution in [0.5, 0.6) is 0 Å². The maximum atomic E-state index is 14.0. The van der Waals surface area contributed by atoms with E-state index < -0.39 is 90.0 Å². The molecule has 0 aromatic heterocycles. The van der Waals surface area contributed by atoms with Crippen molar-refractivity contribution in [2.24, 2.45) is 5.92 Å². The summed E-state index contributed by atoms with van der Waals surface area (Å²) in [6.07, 6.45) is -27.5. The van der Waals surface area contributed by atoms with Crippen molar-refractivity contribution in [1.29, 1.82) is 0 Å². The molecule has 0 saturated heterocycles. The number of alkyl halides is 12. The van der Waals surface area contributed by atoms with Crippen LogP contribution in [0.4, 0.5) is 52.7 Å². The number of carbonyl (C=O) groups is 1. The average Bonchev–Trinajstić information content (AvgIpc) is 2.60. The molecule has 0 saturated carbocycles. The molecule has 0 fully saturated rings. The van der Waals surface area contributed by atoms with Gasteiger partial charge < -0.3 is 14.4 Å². The van der Waals surface area contributed by atoms with Gasteiger partial charge in [0.2, 0.25) is 10.0 Å². The minimum atomic E-state index is -6.70. The number of carboxylic acids is 1. The van der Waals surface area contributed by atoms with E-state index in [-0.39, 0.29) is 24.0 Å². The van der Waals surface area contributed by atoms with Crippen molar-refractivity contribution < 1.29 is 75.5 Å². The van der Waals surface area contributed by atoms with Gasteiger partial charge in [0.1, 0.15) is 6.54 Å². The lowest BCUT2D eigenvalue weighted by Crippen LogP contribution is -2.54. The third-order valence-corrected chi connectivity index (χ3v) is 6.74. The summed E-state index contributed by atoms with van der Waals surface area (Å²) in [7, 11) is -1.36. The molecule has 0 aliphatic carbocycles. The van der Waals surface area contributed by atoms with Gasteiger partial charge in [-0.05, 0) is 18.8 Å². The molecule has 6 nitrogen and oxygen atoms in total. The van der Waals surface area contributed by atoms with Crippen LogP contribution in [0, 0.1) is 5.92 Å². The van der Waals surface area contributed by atoms with Gasteiger partial charge in [0, 0.05) is 25.8 Å². The lowest BCUT2D eigenvalue weighted by Gasteiger charge is -2.34. The van der Waals surface area contributed by atoms with Gasteiger partial charge in [0.15, 0.2) is 0 Å². The molecule has 1 atom stereocenters. The Balaban J connectivity index is 5.40. The zero-order chi connectivity index (χ0) is 29.7. The van der Waals surface area contributed by atoms with E-state index in [0.29, 0.717) is 0 Å². The number of nitrogens with zero attached hydrogens (tertiary/aromatic N) is 1. The third-order valence-electron chi connectivity index (χ3n) is 5.27. The van der Waals surface area contributed by atoms with Gasteiger partial charge in [0.05, 0.1) is 32.4 Å². The highest BCUT2D eigenvalue weighted by atomic mass is 32.2. The van der Waals surface area contributed by atoms with Crippen LogP contribution >= 0.6 is 0 Å². The number of hydrogen-bond donors (Lipinski definition) is 1. The number of quaternary nitrogens is 1. The zero-order valence-corrected chi connectivity index (χ0v) is 20.3. The second kappa shape index (κ2) is 12.1. The summed E-state index contributed by atoms with van der Waals surface area (Å²) in [5.41, 5.74) is -6.11. The summed E-state index contributed by atoms with van der Waals surface area (Å²) in [5, 5.41) is 10.6. The molecule has 19 heteroatoms. The molecule has 1 unspecified atom stereocenters. The van der Waals surface area contributed by atoms with Crippen molar-refractivity contribution in [3.05, 3.63) is 0 Å². The lowest BCUT2D eigenvalue weighted by molar-refractivity contribution is -0.884. The Hall–Kier alpha value is -1.50. The third kappa shape index (κ3) is 11.4. The molecule has 0 aromatic carbocycles. The fraction of sp³-hybridized carbons (Fsp3) is 0.944. The van der Waals surface area contributed by atoms with Crippen molar-refractivity contribution in [2.45, 2.75) is 62.2 Å². The molecule has 0 aromatic rings. The molecule has 0 aliphatic heterocycles. The summed E-state index contributed by atoms with van der Waals surface area (Å²) in [5.74, 6) is -11.1. The molecular formula is C18H26F12N2O4S. The van der Waals surface area contributed by atoms with Crippen LogP contribution in [-0.4, -0.2) is 88.5 Å². The van der Waals surface area contributed by atoms with E-state index in [1.807, 2.05) is 4.72 Å². The van der Waals surface area contributed by atoms with Gasteiger partial charge in [-0.15, -0.1) is 0 Å². The first-order valence-electron chi connectivity index (χ1n) is 10.4. The van der Waals surface area contributed by atoms with Crippen LogP contribution in [0.3, 0.4) is 0 Å². The number of carboxylic acid groups (broad SMARTS) is 1. The van der Waals surface area contributed by atoms with Crippen LogP contribution in [0.25, 0.3) is 0 Å². The molecule has 0 spiro atoms. The predicted molar refractivity (Wildman–Crippen MR) is 102 cm³/mol. The number of aliphatic carboxylic acids is 1. The SMILES string of the molecule is C[N+](C)(CCCNS(=O)(=O)CCCC(CC(F)(F)C(F)(F)F)CC(F)(C(F)(F)F)C(F)(F)F)CC(=O)[O-]. The average molecular weight is 594 g/mol. The highest BCUT2D eigenvalue weighted by Gasteiger charge is 2.73. The maximum absolute atomic E-state index is 14.0. The zero-order valence-electron chi connectivity index (χ0n) is 19.5. The number of carbonyl (C=O) groups excluding carboxylic acids is 1. The molecule has 0 radical (unpaired) electrons. The molecule has 0 aliphatic rings. The topological polar surface area (TPSA) is 86.3 Å². The van der Waals surface area contributed by atoms with Gasteiger partial charge >= 0.3 is 24.5 Å². The minimum Gasteiger partial charge on any atom is -0.544 e. The molecular weight excluding hydrogens is 568 g/mol. The number of likely N-dealkylation sites (N-methyl/N-ethyl adjacent to an activating group) is 1. The van der Waals surface area contributed by atoms with Gasteiger partial charge in [-0.25, -0.2) is 17.5 Å². The van der Waals surface area contributed by atoms with Crippen molar-refractivity contribution in [3.63, 3.8) is 0 Å².